The van der Waals surface area contributed by atoms with Crippen LogP contribution < -0.4 is 5.32 Å². The Hall–Kier alpha value is -1.58. The zero-order valence-corrected chi connectivity index (χ0v) is 13.6. The molecule has 1 aliphatic rings. The Morgan fingerprint density at radius 3 is 2.57 bits per heavy atom. The number of nitrogens with zero attached hydrogens (tertiary/aromatic N) is 2. The van der Waals surface area contributed by atoms with Gasteiger partial charge in [0.25, 0.3) is 5.91 Å². The minimum atomic E-state index is -0.00762. The van der Waals surface area contributed by atoms with E-state index in [9.17, 15) is 4.79 Å². The molecule has 0 spiro atoms. The Bertz CT molecular complexity index is 467. The Kier molecular flexibility index (Phi) is 5.21. The number of rotatable bonds is 4. The number of pyridine rings is 1. The normalized spacial score (nSPS) is 22.1. The lowest BCUT2D eigenvalue weighted by Crippen LogP contribution is -2.35. The number of hydrogen-bond donors (Lipinski definition) is 1. The highest BCUT2D eigenvalue weighted by Crippen LogP contribution is 2.31. The first-order valence-electron chi connectivity index (χ1n) is 7.93. The summed E-state index contributed by atoms with van der Waals surface area (Å²) in [6, 6.07) is 4.27. The summed E-state index contributed by atoms with van der Waals surface area (Å²) in [4.78, 5) is 17.8. The van der Waals surface area contributed by atoms with Crippen molar-refractivity contribution in [3.63, 3.8) is 0 Å². The standard InChI is InChI=1S/C17H27N3O/c1-12(2)14-7-5-6-8-15(14)19-16-10-9-13(11-18-16)17(21)20(3)4/h9-12,14-15H,5-8H2,1-4H3,(H,18,19). The number of carbonyl (C=O) groups excluding carboxylic acids is 1. The quantitative estimate of drug-likeness (QED) is 0.924. The molecule has 0 aromatic carbocycles. The third-order valence-corrected chi connectivity index (χ3v) is 4.43. The number of hydrogen-bond acceptors (Lipinski definition) is 3. The van der Waals surface area contributed by atoms with E-state index in [1.54, 1.807) is 25.2 Å². The Labute approximate surface area is 127 Å². The molecule has 1 amide bonds. The second kappa shape index (κ2) is 6.92. The van der Waals surface area contributed by atoms with Crippen LogP contribution in [-0.2, 0) is 0 Å². The van der Waals surface area contributed by atoms with Crippen molar-refractivity contribution in [2.75, 3.05) is 19.4 Å². The number of amides is 1. The van der Waals surface area contributed by atoms with Crippen LogP contribution in [0.2, 0.25) is 0 Å². The number of aromatic nitrogens is 1. The van der Waals surface area contributed by atoms with Gasteiger partial charge in [0.1, 0.15) is 5.82 Å². The highest BCUT2D eigenvalue weighted by atomic mass is 16.2. The lowest BCUT2D eigenvalue weighted by atomic mass is 9.78. The minimum absolute atomic E-state index is 0.00762. The molecule has 1 aliphatic carbocycles. The summed E-state index contributed by atoms with van der Waals surface area (Å²) >= 11 is 0. The molecule has 1 aromatic rings. The van der Waals surface area contributed by atoms with Crippen LogP contribution in [0, 0.1) is 11.8 Å². The van der Waals surface area contributed by atoms with Gasteiger partial charge >= 0.3 is 0 Å². The van der Waals surface area contributed by atoms with Gasteiger partial charge in [-0.15, -0.1) is 0 Å². The van der Waals surface area contributed by atoms with Crippen LogP contribution in [0.3, 0.4) is 0 Å². The monoisotopic (exact) mass is 289 g/mol. The molecule has 1 N–H and O–H groups in total. The van der Waals surface area contributed by atoms with Crippen LogP contribution in [-0.4, -0.2) is 35.9 Å². The van der Waals surface area contributed by atoms with Crippen molar-refractivity contribution >= 4 is 11.7 Å². The van der Waals surface area contributed by atoms with E-state index < -0.39 is 0 Å². The van der Waals surface area contributed by atoms with Gasteiger partial charge in [0.15, 0.2) is 0 Å². The van der Waals surface area contributed by atoms with E-state index in [1.165, 1.54) is 25.7 Å². The fraction of sp³-hybridized carbons (Fsp3) is 0.647. The number of nitrogens with one attached hydrogen (secondary N) is 1. The molecule has 116 valence electrons. The molecule has 1 fully saturated rings. The molecule has 1 saturated carbocycles. The van der Waals surface area contributed by atoms with Gasteiger partial charge in [-0.1, -0.05) is 26.7 Å². The molecule has 4 nitrogen and oxygen atoms in total. The Morgan fingerprint density at radius 1 is 1.29 bits per heavy atom. The zero-order valence-electron chi connectivity index (χ0n) is 13.6. The van der Waals surface area contributed by atoms with Gasteiger partial charge in [-0.2, -0.15) is 0 Å². The summed E-state index contributed by atoms with van der Waals surface area (Å²) in [5.74, 6) is 2.27. The molecule has 2 rings (SSSR count). The largest absolute Gasteiger partial charge is 0.367 e. The van der Waals surface area contributed by atoms with Gasteiger partial charge in [-0.05, 0) is 36.8 Å². The van der Waals surface area contributed by atoms with Crippen molar-refractivity contribution in [3.8, 4) is 0 Å². The van der Waals surface area contributed by atoms with Crippen molar-refractivity contribution in [2.45, 2.75) is 45.6 Å². The SMILES string of the molecule is CC(C)C1CCCCC1Nc1ccc(C(=O)N(C)C)cn1. The topological polar surface area (TPSA) is 45.2 Å². The molecule has 0 saturated heterocycles. The molecule has 2 unspecified atom stereocenters. The third kappa shape index (κ3) is 3.96. The first-order chi connectivity index (χ1) is 9.99. The molecule has 21 heavy (non-hydrogen) atoms. The molecule has 4 heteroatoms. The Morgan fingerprint density at radius 2 is 2.00 bits per heavy atom. The highest BCUT2D eigenvalue weighted by molar-refractivity contribution is 5.93. The predicted octanol–water partition coefficient (Wildman–Crippen LogP) is 3.41. The first kappa shape index (κ1) is 15.8. The van der Waals surface area contributed by atoms with Gasteiger partial charge in [-0.25, -0.2) is 4.98 Å². The molecular formula is C17H27N3O. The van der Waals surface area contributed by atoms with E-state index >= 15 is 0 Å². The van der Waals surface area contributed by atoms with Crippen molar-refractivity contribution in [2.24, 2.45) is 11.8 Å². The van der Waals surface area contributed by atoms with Gasteiger partial charge < -0.3 is 10.2 Å². The summed E-state index contributed by atoms with van der Waals surface area (Å²) in [5.41, 5.74) is 0.634. The molecular weight excluding hydrogens is 262 g/mol. The van der Waals surface area contributed by atoms with E-state index in [0.29, 0.717) is 23.4 Å². The molecule has 2 atom stereocenters. The lowest BCUT2D eigenvalue weighted by molar-refractivity contribution is 0.0827. The van der Waals surface area contributed by atoms with Crippen LogP contribution in [0.1, 0.15) is 49.9 Å². The summed E-state index contributed by atoms with van der Waals surface area (Å²) in [5, 5.41) is 3.57. The smallest absolute Gasteiger partial charge is 0.254 e. The third-order valence-electron chi connectivity index (χ3n) is 4.43. The lowest BCUT2D eigenvalue weighted by Gasteiger charge is -2.35. The van der Waals surface area contributed by atoms with Gasteiger partial charge in [-0.3, -0.25) is 4.79 Å². The molecule has 0 radical (unpaired) electrons. The highest BCUT2D eigenvalue weighted by Gasteiger charge is 2.27. The summed E-state index contributed by atoms with van der Waals surface area (Å²) in [6.45, 7) is 4.61. The van der Waals surface area contributed by atoms with Crippen molar-refractivity contribution in [3.05, 3.63) is 23.9 Å². The van der Waals surface area contributed by atoms with Gasteiger partial charge in [0, 0.05) is 26.3 Å². The van der Waals surface area contributed by atoms with Crippen LogP contribution in [0.5, 0.6) is 0 Å². The summed E-state index contributed by atoms with van der Waals surface area (Å²) in [6.07, 6.45) is 6.80. The van der Waals surface area contributed by atoms with E-state index in [-0.39, 0.29) is 5.91 Å². The van der Waals surface area contributed by atoms with Crippen molar-refractivity contribution < 1.29 is 4.79 Å². The van der Waals surface area contributed by atoms with Crippen molar-refractivity contribution in [1.82, 2.24) is 9.88 Å². The summed E-state index contributed by atoms with van der Waals surface area (Å²) < 4.78 is 0. The van der Waals surface area contributed by atoms with Crippen LogP contribution in [0.15, 0.2) is 18.3 Å². The average molecular weight is 289 g/mol. The first-order valence-corrected chi connectivity index (χ1v) is 7.93. The predicted molar refractivity (Wildman–Crippen MR) is 86.5 cm³/mol. The second-order valence-corrected chi connectivity index (χ2v) is 6.57. The Balaban J connectivity index is 2.04. The van der Waals surface area contributed by atoms with E-state index in [0.717, 1.165) is 5.82 Å². The summed E-state index contributed by atoms with van der Waals surface area (Å²) in [7, 11) is 3.51. The maximum absolute atomic E-state index is 11.9. The van der Waals surface area contributed by atoms with E-state index in [1.807, 2.05) is 12.1 Å². The van der Waals surface area contributed by atoms with E-state index in [2.05, 4.69) is 24.1 Å². The fourth-order valence-electron chi connectivity index (χ4n) is 3.19. The molecule has 1 heterocycles. The average Bonchev–Trinajstić information content (AvgIpc) is 2.47. The maximum atomic E-state index is 11.9. The van der Waals surface area contributed by atoms with E-state index in [4.69, 9.17) is 0 Å². The molecule has 0 bridgehead atoms. The number of carbonyl (C=O) groups is 1. The number of anilines is 1. The van der Waals surface area contributed by atoms with Crippen molar-refractivity contribution in [1.29, 1.82) is 0 Å². The van der Waals surface area contributed by atoms with Gasteiger partial charge in [0.2, 0.25) is 0 Å². The fourth-order valence-corrected chi connectivity index (χ4v) is 3.19. The van der Waals surface area contributed by atoms with Crippen LogP contribution >= 0.6 is 0 Å². The zero-order chi connectivity index (χ0) is 15.4. The van der Waals surface area contributed by atoms with Crippen LogP contribution in [0.25, 0.3) is 0 Å². The second-order valence-electron chi connectivity index (χ2n) is 6.57. The van der Waals surface area contributed by atoms with Gasteiger partial charge in [0.05, 0.1) is 5.56 Å². The minimum Gasteiger partial charge on any atom is -0.367 e. The maximum Gasteiger partial charge on any atom is 0.254 e. The van der Waals surface area contributed by atoms with Crippen LogP contribution in [0.4, 0.5) is 5.82 Å². The molecule has 0 aliphatic heterocycles. The molecule has 1 aromatic heterocycles.